The zero-order chi connectivity index (χ0) is 11.5. The molecule has 1 aromatic rings. The highest BCUT2D eigenvalue weighted by Crippen LogP contribution is 2.31. The molecule has 1 amide bonds. The van der Waals surface area contributed by atoms with Crippen molar-refractivity contribution in [1.82, 2.24) is 4.90 Å². The smallest absolute Gasteiger partial charge is 0.245 e. The molecule has 0 N–H and O–H groups in total. The summed E-state index contributed by atoms with van der Waals surface area (Å²) in [6.45, 7) is 4.82. The summed E-state index contributed by atoms with van der Waals surface area (Å²) in [4.78, 5) is 14.4. The maximum Gasteiger partial charge on any atom is 0.245 e. The number of hydrogen-bond donors (Lipinski definition) is 0. The summed E-state index contributed by atoms with van der Waals surface area (Å²) in [5.74, 6) is -0.0639. The zero-order valence-electron chi connectivity index (χ0n) is 9.31. The Bertz CT molecular complexity index is 399. The van der Waals surface area contributed by atoms with Crippen LogP contribution in [-0.4, -0.2) is 31.0 Å². The highest BCUT2D eigenvalue weighted by molar-refractivity contribution is 7.10. The van der Waals surface area contributed by atoms with Crippen LogP contribution in [0, 0.1) is 0 Å². The molecule has 1 aromatic heterocycles. The van der Waals surface area contributed by atoms with Gasteiger partial charge in [-0.25, -0.2) is 0 Å². The number of likely N-dealkylation sites (N-methyl/N-ethyl adjacent to an activating group) is 1. The number of ether oxygens (including phenoxy) is 1. The van der Waals surface area contributed by atoms with E-state index in [9.17, 15) is 4.79 Å². The van der Waals surface area contributed by atoms with Crippen LogP contribution < -0.4 is 0 Å². The Morgan fingerprint density at radius 3 is 3.38 bits per heavy atom. The molecule has 0 radical (unpaired) electrons. The Balaban J connectivity index is 2.07. The Labute approximate surface area is 99.3 Å². The van der Waals surface area contributed by atoms with Crippen LogP contribution >= 0.6 is 11.3 Å². The van der Waals surface area contributed by atoms with Gasteiger partial charge in [0.05, 0.1) is 13.2 Å². The molecule has 3 nitrogen and oxygen atoms in total. The first-order chi connectivity index (χ1) is 7.72. The van der Waals surface area contributed by atoms with Gasteiger partial charge < -0.3 is 9.64 Å². The van der Waals surface area contributed by atoms with Crippen LogP contribution in [0.25, 0.3) is 0 Å². The normalized spacial score (nSPS) is 18.9. The predicted octanol–water partition coefficient (Wildman–Crippen LogP) is 2.01. The lowest BCUT2D eigenvalue weighted by Crippen LogP contribution is -2.32. The zero-order valence-corrected chi connectivity index (χ0v) is 10.1. The van der Waals surface area contributed by atoms with Crippen LogP contribution in [0.1, 0.15) is 16.5 Å². The lowest BCUT2D eigenvalue weighted by Gasteiger charge is -2.27. The molecule has 2 rings (SSSR count). The predicted molar refractivity (Wildman–Crippen MR) is 64.6 cm³/mol. The van der Waals surface area contributed by atoms with Crippen LogP contribution in [0.5, 0.6) is 0 Å². The minimum absolute atomic E-state index is 0.0175. The number of thiophene rings is 1. The first-order valence-electron chi connectivity index (χ1n) is 5.27. The maximum absolute atomic E-state index is 11.4. The molecule has 86 valence electrons. The fraction of sp³-hybridized carbons (Fsp3) is 0.417. The molecular formula is C12H15NO2S. The summed E-state index contributed by atoms with van der Waals surface area (Å²) < 4.78 is 5.71. The van der Waals surface area contributed by atoms with Crippen molar-refractivity contribution in [1.29, 1.82) is 0 Å². The van der Waals surface area contributed by atoms with Crippen molar-refractivity contribution in [2.75, 3.05) is 20.2 Å². The second-order valence-electron chi connectivity index (χ2n) is 3.83. The monoisotopic (exact) mass is 237 g/mol. The topological polar surface area (TPSA) is 29.5 Å². The largest absolute Gasteiger partial charge is 0.371 e. The molecule has 0 spiro atoms. The van der Waals surface area contributed by atoms with Crippen molar-refractivity contribution in [2.24, 2.45) is 0 Å². The number of carbonyl (C=O) groups is 1. The molecule has 0 bridgehead atoms. The van der Waals surface area contributed by atoms with E-state index in [-0.39, 0.29) is 12.0 Å². The van der Waals surface area contributed by atoms with Crippen molar-refractivity contribution in [3.63, 3.8) is 0 Å². The molecule has 0 aromatic carbocycles. The summed E-state index contributed by atoms with van der Waals surface area (Å²) in [6, 6.07) is 2.09. The third-order valence-corrected chi connectivity index (χ3v) is 3.76. The summed E-state index contributed by atoms with van der Waals surface area (Å²) in [5, 5.41) is 2.08. The third kappa shape index (κ3) is 2.18. The molecule has 1 aliphatic heterocycles. The SMILES string of the molecule is C=CC(=O)N(C)CC1OCCc2sccc21. The first kappa shape index (κ1) is 11.4. The van der Waals surface area contributed by atoms with E-state index in [1.165, 1.54) is 16.5 Å². The fourth-order valence-electron chi connectivity index (χ4n) is 1.87. The molecule has 4 heteroatoms. The van der Waals surface area contributed by atoms with Crippen molar-refractivity contribution >= 4 is 17.2 Å². The quantitative estimate of drug-likeness (QED) is 0.753. The average Bonchev–Trinajstić information content (AvgIpc) is 2.77. The summed E-state index contributed by atoms with van der Waals surface area (Å²) in [7, 11) is 1.77. The number of nitrogens with zero attached hydrogens (tertiary/aromatic N) is 1. The van der Waals surface area contributed by atoms with E-state index >= 15 is 0 Å². The van der Waals surface area contributed by atoms with Crippen LogP contribution in [0.3, 0.4) is 0 Å². The Morgan fingerprint density at radius 1 is 1.81 bits per heavy atom. The minimum Gasteiger partial charge on any atom is -0.371 e. The molecule has 16 heavy (non-hydrogen) atoms. The summed E-state index contributed by atoms with van der Waals surface area (Å²) >= 11 is 1.77. The van der Waals surface area contributed by atoms with Crippen LogP contribution in [0.2, 0.25) is 0 Å². The van der Waals surface area contributed by atoms with Gasteiger partial charge in [-0.15, -0.1) is 11.3 Å². The van der Waals surface area contributed by atoms with E-state index in [0.29, 0.717) is 6.54 Å². The number of fused-ring (bicyclic) bond motifs is 1. The van der Waals surface area contributed by atoms with E-state index in [0.717, 1.165) is 13.0 Å². The molecule has 0 aliphatic carbocycles. The van der Waals surface area contributed by atoms with Gasteiger partial charge in [0.25, 0.3) is 0 Å². The number of hydrogen-bond acceptors (Lipinski definition) is 3. The standard InChI is InChI=1S/C12H15NO2S/c1-3-12(14)13(2)8-10-9-5-7-16-11(9)4-6-15-10/h3,5,7,10H,1,4,6,8H2,2H3. The number of rotatable bonds is 3. The molecule has 0 saturated heterocycles. The van der Waals surface area contributed by atoms with Crippen molar-refractivity contribution in [2.45, 2.75) is 12.5 Å². The van der Waals surface area contributed by atoms with Crippen molar-refractivity contribution < 1.29 is 9.53 Å². The van der Waals surface area contributed by atoms with E-state index in [2.05, 4.69) is 18.0 Å². The number of carbonyl (C=O) groups excluding carboxylic acids is 1. The molecule has 2 heterocycles. The minimum atomic E-state index is -0.0639. The van der Waals surface area contributed by atoms with Gasteiger partial charge in [0.15, 0.2) is 0 Å². The average molecular weight is 237 g/mol. The third-order valence-electron chi connectivity index (χ3n) is 2.77. The molecule has 0 saturated carbocycles. The van der Waals surface area contributed by atoms with Gasteiger partial charge in [0, 0.05) is 18.3 Å². The van der Waals surface area contributed by atoms with Crippen molar-refractivity contribution in [3.8, 4) is 0 Å². The van der Waals surface area contributed by atoms with Crippen molar-refractivity contribution in [3.05, 3.63) is 34.5 Å². The molecule has 1 atom stereocenters. The van der Waals surface area contributed by atoms with Crippen LogP contribution in [0.4, 0.5) is 0 Å². The summed E-state index contributed by atoms with van der Waals surface area (Å²) in [6.07, 6.45) is 2.34. The molecular weight excluding hydrogens is 222 g/mol. The fourth-order valence-corrected chi connectivity index (χ4v) is 2.79. The first-order valence-corrected chi connectivity index (χ1v) is 6.15. The maximum atomic E-state index is 11.4. The van der Waals surface area contributed by atoms with Gasteiger partial charge in [-0.2, -0.15) is 0 Å². The second-order valence-corrected chi connectivity index (χ2v) is 4.83. The van der Waals surface area contributed by atoms with E-state index < -0.39 is 0 Å². The van der Waals surface area contributed by atoms with Gasteiger partial charge in [-0.3, -0.25) is 4.79 Å². The lowest BCUT2D eigenvalue weighted by atomic mass is 10.1. The highest BCUT2D eigenvalue weighted by Gasteiger charge is 2.23. The highest BCUT2D eigenvalue weighted by atomic mass is 32.1. The van der Waals surface area contributed by atoms with Gasteiger partial charge in [-0.1, -0.05) is 6.58 Å². The van der Waals surface area contributed by atoms with E-state index in [1.54, 1.807) is 23.3 Å². The molecule has 0 fully saturated rings. The number of amides is 1. The molecule has 1 unspecified atom stereocenters. The second kappa shape index (κ2) is 4.80. The van der Waals surface area contributed by atoms with E-state index in [4.69, 9.17) is 4.74 Å². The van der Waals surface area contributed by atoms with Gasteiger partial charge in [0.2, 0.25) is 5.91 Å². The summed E-state index contributed by atoms with van der Waals surface area (Å²) in [5.41, 5.74) is 1.24. The van der Waals surface area contributed by atoms with E-state index in [1.807, 2.05) is 0 Å². The van der Waals surface area contributed by atoms with Gasteiger partial charge in [0.1, 0.15) is 6.10 Å². The van der Waals surface area contributed by atoms with Gasteiger partial charge >= 0.3 is 0 Å². The van der Waals surface area contributed by atoms with Gasteiger partial charge in [-0.05, 0) is 23.1 Å². The Morgan fingerprint density at radius 2 is 2.62 bits per heavy atom. The Hall–Kier alpha value is -1.13. The molecule has 1 aliphatic rings. The lowest BCUT2D eigenvalue weighted by molar-refractivity contribution is -0.126. The van der Waals surface area contributed by atoms with Crippen LogP contribution in [-0.2, 0) is 16.0 Å². The Kier molecular flexibility index (Phi) is 3.41. The van der Waals surface area contributed by atoms with Crippen LogP contribution in [0.15, 0.2) is 24.1 Å².